The molecular weight excluding hydrogens is 146 g/mol. The first-order valence-electron chi connectivity index (χ1n) is 5.31. The lowest BCUT2D eigenvalue weighted by Gasteiger charge is -2.19. The van der Waals surface area contributed by atoms with Crippen molar-refractivity contribution in [3.05, 3.63) is 11.3 Å². The summed E-state index contributed by atoms with van der Waals surface area (Å²) in [6.45, 7) is 2.27. The molecule has 0 aromatic heterocycles. The average Bonchev–Trinajstić information content (AvgIpc) is 2.74. The highest BCUT2D eigenvalue weighted by Crippen LogP contribution is 2.49. The van der Waals surface area contributed by atoms with E-state index in [-0.39, 0.29) is 0 Å². The van der Waals surface area contributed by atoms with Crippen LogP contribution in [0.15, 0.2) is 11.3 Å². The molecule has 0 bridgehead atoms. The summed E-state index contributed by atoms with van der Waals surface area (Å²) in [5, 5.41) is 0. The predicted octanol–water partition coefficient (Wildman–Crippen LogP) is 2.82. The normalized spacial score (nSPS) is 33.4. The smallest absolute Gasteiger partial charge is 0.0214 e. The molecule has 2 rings (SSSR count). The summed E-state index contributed by atoms with van der Waals surface area (Å²) in [4.78, 5) is 0. The van der Waals surface area contributed by atoms with E-state index >= 15 is 0 Å². The number of fused-ring (bicyclic) bond motifs is 1. The molecule has 1 fully saturated rings. The lowest BCUT2D eigenvalue weighted by atomic mass is 9.85. The molecule has 12 heavy (non-hydrogen) atoms. The molecule has 1 nitrogen and oxygen atoms in total. The van der Waals surface area contributed by atoms with E-state index in [1.54, 1.807) is 5.57 Å². The monoisotopic (exact) mass is 165 g/mol. The van der Waals surface area contributed by atoms with Gasteiger partial charge in [0.1, 0.15) is 0 Å². The Morgan fingerprint density at radius 1 is 1.42 bits per heavy atom. The number of rotatable bonds is 3. The molecule has 0 saturated heterocycles. The second-order valence-corrected chi connectivity index (χ2v) is 4.32. The Morgan fingerprint density at radius 3 is 2.92 bits per heavy atom. The third-order valence-electron chi connectivity index (χ3n) is 3.42. The molecule has 0 spiro atoms. The van der Waals surface area contributed by atoms with Crippen molar-refractivity contribution in [2.45, 2.75) is 45.4 Å². The third-order valence-corrected chi connectivity index (χ3v) is 3.42. The van der Waals surface area contributed by atoms with Gasteiger partial charge in [-0.15, -0.1) is 0 Å². The Hall–Kier alpha value is -0.460. The Morgan fingerprint density at radius 2 is 2.25 bits per heavy atom. The Labute approximate surface area is 75.0 Å². The van der Waals surface area contributed by atoms with Gasteiger partial charge in [-0.3, -0.25) is 0 Å². The fourth-order valence-electron chi connectivity index (χ4n) is 2.49. The van der Waals surface area contributed by atoms with Gasteiger partial charge in [0, 0.05) is 11.6 Å². The average molecular weight is 165 g/mol. The minimum absolute atomic E-state index is 0.767. The van der Waals surface area contributed by atoms with Crippen LogP contribution in [0.5, 0.6) is 0 Å². The molecular formula is C11H19N. The zero-order chi connectivity index (χ0) is 8.55. The van der Waals surface area contributed by atoms with Crippen LogP contribution in [0.4, 0.5) is 0 Å². The van der Waals surface area contributed by atoms with Gasteiger partial charge in [0.15, 0.2) is 0 Å². The first-order valence-corrected chi connectivity index (χ1v) is 5.31. The van der Waals surface area contributed by atoms with Gasteiger partial charge in [0.2, 0.25) is 0 Å². The van der Waals surface area contributed by atoms with Crippen LogP contribution in [0.25, 0.3) is 0 Å². The molecule has 0 radical (unpaired) electrons. The van der Waals surface area contributed by atoms with Crippen molar-refractivity contribution in [1.29, 1.82) is 0 Å². The van der Waals surface area contributed by atoms with E-state index in [9.17, 15) is 0 Å². The van der Waals surface area contributed by atoms with E-state index in [2.05, 4.69) is 6.92 Å². The molecule has 1 saturated carbocycles. The maximum Gasteiger partial charge on any atom is 0.0214 e. The highest BCUT2D eigenvalue weighted by Gasteiger charge is 2.38. The van der Waals surface area contributed by atoms with Gasteiger partial charge in [0.25, 0.3) is 0 Å². The summed E-state index contributed by atoms with van der Waals surface area (Å²) in [5.74, 6) is 1.74. The van der Waals surface area contributed by atoms with Crippen molar-refractivity contribution in [2.24, 2.45) is 17.6 Å². The SMILES string of the molecule is CCCCC1CC[C@@H]2C(N)=C2C1. The summed E-state index contributed by atoms with van der Waals surface area (Å²) in [5.41, 5.74) is 8.70. The molecule has 2 aliphatic carbocycles. The fraction of sp³-hybridized carbons (Fsp3) is 0.818. The fourth-order valence-corrected chi connectivity index (χ4v) is 2.49. The van der Waals surface area contributed by atoms with Crippen molar-refractivity contribution in [3.8, 4) is 0 Å². The van der Waals surface area contributed by atoms with Crippen molar-refractivity contribution in [1.82, 2.24) is 0 Å². The molecule has 0 amide bonds. The van der Waals surface area contributed by atoms with Gasteiger partial charge < -0.3 is 5.73 Å². The number of hydrogen-bond acceptors (Lipinski definition) is 1. The van der Waals surface area contributed by atoms with Crippen molar-refractivity contribution in [2.75, 3.05) is 0 Å². The molecule has 0 aromatic rings. The van der Waals surface area contributed by atoms with Gasteiger partial charge in [-0.2, -0.15) is 0 Å². The largest absolute Gasteiger partial charge is 0.402 e. The van der Waals surface area contributed by atoms with E-state index in [1.165, 1.54) is 44.2 Å². The molecule has 0 heterocycles. The van der Waals surface area contributed by atoms with Gasteiger partial charge in [-0.25, -0.2) is 0 Å². The zero-order valence-electron chi connectivity index (χ0n) is 7.97. The first-order chi connectivity index (χ1) is 5.83. The quantitative estimate of drug-likeness (QED) is 0.683. The summed E-state index contributed by atoms with van der Waals surface area (Å²) >= 11 is 0. The maximum atomic E-state index is 5.84. The number of allylic oxidation sites excluding steroid dienone is 2. The second kappa shape index (κ2) is 3.12. The van der Waals surface area contributed by atoms with Crippen molar-refractivity contribution >= 4 is 0 Å². The zero-order valence-corrected chi connectivity index (χ0v) is 7.97. The van der Waals surface area contributed by atoms with Crippen LogP contribution in [0.2, 0.25) is 0 Å². The molecule has 0 aromatic carbocycles. The lowest BCUT2D eigenvalue weighted by molar-refractivity contribution is 0.379. The van der Waals surface area contributed by atoms with Gasteiger partial charge >= 0.3 is 0 Å². The number of unbranched alkanes of at least 4 members (excludes halogenated alkanes) is 1. The molecule has 1 unspecified atom stereocenters. The Bertz CT molecular complexity index is 205. The highest BCUT2D eigenvalue weighted by molar-refractivity contribution is 5.39. The van der Waals surface area contributed by atoms with Crippen LogP contribution in [-0.4, -0.2) is 0 Å². The van der Waals surface area contributed by atoms with Crippen LogP contribution < -0.4 is 5.73 Å². The van der Waals surface area contributed by atoms with Crippen LogP contribution in [-0.2, 0) is 0 Å². The van der Waals surface area contributed by atoms with Crippen LogP contribution in [0.3, 0.4) is 0 Å². The Kier molecular flexibility index (Phi) is 2.12. The van der Waals surface area contributed by atoms with Crippen LogP contribution in [0, 0.1) is 11.8 Å². The summed E-state index contributed by atoms with van der Waals surface area (Å²) in [6.07, 6.45) is 8.29. The molecule has 68 valence electrons. The lowest BCUT2D eigenvalue weighted by Crippen LogP contribution is -2.07. The molecule has 2 aliphatic rings. The summed E-state index contributed by atoms with van der Waals surface area (Å²) < 4.78 is 0. The first kappa shape index (κ1) is 8.15. The molecule has 1 heteroatoms. The van der Waals surface area contributed by atoms with Crippen molar-refractivity contribution in [3.63, 3.8) is 0 Å². The van der Waals surface area contributed by atoms with E-state index in [0.717, 1.165) is 11.8 Å². The predicted molar refractivity (Wildman–Crippen MR) is 51.6 cm³/mol. The van der Waals surface area contributed by atoms with E-state index < -0.39 is 0 Å². The summed E-state index contributed by atoms with van der Waals surface area (Å²) in [7, 11) is 0. The Balaban J connectivity index is 1.78. The molecule has 2 N–H and O–H groups in total. The number of hydrogen-bond donors (Lipinski definition) is 1. The van der Waals surface area contributed by atoms with E-state index in [4.69, 9.17) is 5.73 Å². The van der Waals surface area contributed by atoms with Crippen LogP contribution in [0.1, 0.15) is 45.4 Å². The summed E-state index contributed by atoms with van der Waals surface area (Å²) in [6, 6.07) is 0. The minimum atomic E-state index is 0.767. The number of nitrogens with two attached hydrogens (primary N) is 1. The topological polar surface area (TPSA) is 26.0 Å². The van der Waals surface area contributed by atoms with Gasteiger partial charge in [-0.05, 0) is 30.8 Å². The van der Waals surface area contributed by atoms with Gasteiger partial charge in [0.05, 0.1) is 0 Å². The second-order valence-electron chi connectivity index (χ2n) is 4.32. The minimum Gasteiger partial charge on any atom is -0.402 e. The highest BCUT2D eigenvalue weighted by atomic mass is 14.7. The van der Waals surface area contributed by atoms with Crippen LogP contribution >= 0.6 is 0 Å². The van der Waals surface area contributed by atoms with Gasteiger partial charge in [-0.1, -0.05) is 26.2 Å². The standard InChI is InChI=1S/C11H19N/c1-2-3-4-8-5-6-9-10(7-8)11(9)12/h8-9H,2-7,12H2,1H3/t8?,9-/m0/s1. The molecule has 0 aliphatic heterocycles. The van der Waals surface area contributed by atoms with E-state index in [1.807, 2.05) is 0 Å². The molecule has 2 atom stereocenters. The van der Waals surface area contributed by atoms with Crippen molar-refractivity contribution < 1.29 is 0 Å². The van der Waals surface area contributed by atoms with E-state index in [0.29, 0.717) is 0 Å². The maximum absolute atomic E-state index is 5.84. The third kappa shape index (κ3) is 1.37.